The minimum absolute atomic E-state index is 0.0430. The van der Waals surface area contributed by atoms with Gasteiger partial charge in [-0.15, -0.1) is 10.2 Å². The molecule has 0 unspecified atom stereocenters. The number of anilines is 2. The summed E-state index contributed by atoms with van der Waals surface area (Å²) in [5.74, 6) is 0.0121. The summed E-state index contributed by atoms with van der Waals surface area (Å²) >= 11 is 0. The zero-order valence-electron chi connectivity index (χ0n) is 19.8. The molecule has 0 aliphatic heterocycles. The van der Waals surface area contributed by atoms with E-state index >= 15 is 0 Å². The molecule has 0 radical (unpaired) electrons. The summed E-state index contributed by atoms with van der Waals surface area (Å²) in [6.45, 7) is 7.77. The van der Waals surface area contributed by atoms with Gasteiger partial charge < -0.3 is 15.0 Å². The Bertz CT molecular complexity index is 1350. The summed E-state index contributed by atoms with van der Waals surface area (Å²) < 4.78 is 5.44. The minimum atomic E-state index is -0.493. The van der Waals surface area contributed by atoms with Gasteiger partial charge in [-0.25, -0.2) is 0 Å². The molecule has 4 aromatic rings. The van der Waals surface area contributed by atoms with Crippen LogP contribution in [-0.4, -0.2) is 45.5 Å². The number of benzene rings is 3. The molecular weight excluding hydrogens is 448 g/mol. The molecule has 0 saturated carbocycles. The summed E-state index contributed by atoms with van der Waals surface area (Å²) in [4.78, 5) is 26.5. The van der Waals surface area contributed by atoms with E-state index in [1.807, 2.05) is 25.1 Å². The van der Waals surface area contributed by atoms with Crippen molar-refractivity contribution in [3.63, 3.8) is 0 Å². The number of ether oxygens (including phenoxy) is 1. The normalized spacial score (nSPS) is 10.8. The topological polar surface area (TPSA) is 115 Å². The second-order valence-corrected chi connectivity index (χ2v) is 7.92. The van der Waals surface area contributed by atoms with Crippen molar-refractivity contribution in [1.82, 2.24) is 15.0 Å². The molecule has 0 atom stereocenters. The summed E-state index contributed by atoms with van der Waals surface area (Å²) in [7, 11) is 0. The second-order valence-electron chi connectivity index (χ2n) is 7.92. The quantitative estimate of drug-likeness (QED) is 0.280. The molecule has 1 aromatic heterocycles. The molecule has 0 aliphatic carbocycles. The number of carbonyl (C=O) groups excluding carboxylic acids is 1. The van der Waals surface area contributed by atoms with E-state index in [2.05, 4.69) is 46.4 Å². The molecule has 35 heavy (non-hydrogen) atoms. The number of non-ortho nitro benzene ring substituents is 1. The van der Waals surface area contributed by atoms with Gasteiger partial charge in [0.25, 0.3) is 11.6 Å². The van der Waals surface area contributed by atoms with Crippen LogP contribution in [0.3, 0.4) is 0 Å². The van der Waals surface area contributed by atoms with Gasteiger partial charge >= 0.3 is 0 Å². The van der Waals surface area contributed by atoms with E-state index < -0.39 is 4.92 Å². The molecule has 10 nitrogen and oxygen atoms in total. The van der Waals surface area contributed by atoms with Crippen molar-refractivity contribution >= 4 is 34.0 Å². The lowest BCUT2D eigenvalue weighted by Gasteiger charge is -2.20. The molecule has 0 fully saturated rings. The van der Waals surface area contributed by atoms with Crippen LogP contribution < -0.4 is 15.0 Å². The third-order valence-corrected chi connectivity index (χ3v) is 5.63. The third-order valence-electron chi connectivity index (χ3n) is 5.63. The molecule has 0 saturated heterocycles. The number of nitrogens with one attached hydrogen (secondary N) is 1. The Labute approximate surface area is 202 Å². The van der Waals surface area contributed by atoms with Gasteiger partial charge in [0.2, 0.25) is 0 Å². The van der Waals surface area contributed by atoms with Crippen LogP contribution in [-0.2, 0) is 4.79 Å². The molecule has 1 amide bonds. The highest BCUT2D eigenvalue weighted by molar-refractivity contribution is 5.95. The van der Waals surface area contributed by atoms with Crippen molar-refractivity contribution in [2.45, 2.75) is 20.8 Å². The number of nitro groups is 1. The first kappa shape index (κ1) is 23.7. The fourth-order valence-corrected chi connectivity index (χ4v) is 3.70. The summed E-state index contributed by atoms with van der Waals surface area (Å²) in [5, 5.41) is 22.7. The van der Waals surface area contributed by atoms with Crippen LogP contribution in [0.25, 0.3) is 16.7 Å². The molecule has 10 heteroatoms. The number of hydrogen-bond donors (Lipinski definition) is 1. The number of nitrogens with zero attached hydrogens (tertiary/aromatic N) is 5. The number of carbonyl (C=O) groups is 1. The number of fused-ring (bicyclic) bond motifs is 1. The molecule has 180 valence electrons. The highest BCUT2D eigenvalue weighted by Crippen LogP contribution is 2.23. The predicted molar refractivity (Wildman–Crippen MR) is 134 cm³/mol. The SMILES string of the molecule is CCN(CC)c1ccc(-n2nc3cc(C)c(NC(=O)COc4ccc([N+](=O)[O-])cc4)cc3n2)cc1. The zero-order chi connectivity index (χ0) is 24.9. The average Bonchev–Trinajstić information content (AvgIpc) is 3.27. The van der Waals surface area contributed by atoms with E-state index in [9.17, 15) is 14.9 Å². The number of rotatable bonds is 9. The lowest BCUT2D eigenvalue weighted by atomic mass is 10.1. The molecule has 1 heterocycles. The molecule has 0 bridgehead atoms. The summed E-state index contributed by atoms with van der Waals surface area (Å²) in [6.07, 6.45) is 0. The Hall–Kier alpha value is -4.47. The van der Waals surface area contributed by atoms with Crippen molar-refractivity contribution < 1.29 is 14.5 Å². The van der Waals surface area contributed by atoms with Gasteiger partial charge in [0, 0.05) is 36.6 Å². The van der Waals surface area contributed by atoms with Gasteiger partial charge in [-0.3, -0.25) is 14.9 Å². The van der Waals surface area contributed by atoms with Gasteiger partial charge in [-0.2, -0.15) is 4.80 Å². The smallest absolute Gasteiger partial charge is 0.269 e. The maximum atomic E-state index is 12.4. The molecule has 3 aromatic carbocycles. The van der Waals surface area contributed by atoms with Crippen molar-refractivity contribution in [3.8, 4) is 11.4 Å². The van der Waals surface area contributed by atoms with E-state index in [0.717, 1.165) is 35.5 Å². The Balaban J connectivity index is 1.45. The highest BCUT2D eigenvalue weighted by Gasteiger charge is 2.12. The number of aryl methyl sites for hydroxylation is 1. The molecule has 1 N–H and O–H groups in total. The molecule has 0 aliphatic rings. The van der Waals surface area contributed by atoms with Crippen molar-refractivity contribution in [2.24, 2.45) is 0 Å². The first-order valence-corrected chi connectivity index (χ1v) is 11.3. The van der Waals surface area contributed by atoms with Crippen molar-refractivity contribution in [3.05, 3.63) is 76.3 Å². The third kappa shape index (κ3) is 5.37. The number of amides is 1. The van der Waals surface area contributed by atoms with Gasteiger partial charge in [-0.05, 0) is 74.9 Å². The maximum absolute atomic E-state index is 12.4. The van der Waals surface area contributed by atoms with Crippen molar-refractivity contribution in [2.75, 3.05) is 29.9 Å². The lowest BCUT2D eigenvalue weighted by molar-refractivity contribution is -0.384. The number of nitro benzene ring substituents is 1. The minimum Gasteiger partial charge on any atom is -0.484 e. The van der Waals surface area contributed by atoms with Crippen molar-refractivity contribution in [1.29, 1.82) is 0 Å². The largest absolute Gasteiger partial charge is 0.484 e. The Morgan fingerprint density at radius 2 is 1.66 bits per heavy atom. The van der Waals surface area contributed by atoms with Gasteiger partial charge in [0.05, 0.1) is 10.6 Å². The van der Waals surface area contributed by atoms with E-state index in [4.69, 9.17) is 4.74 Å². The van der Waals surface area contributed by atoms with Crippen LogP contribution in [0.4, 0.5) is 17.1 Å². The number of aromatic nitrogens is 3. The molecule has 0 spiro atoms. The molecular formula is C25H26N6O4. The maximum Gasteiger partial charge on any atom is 0.269 e. The summed E-state index contributed by atoms with van der Waals surface area (Å²) in [6, 6.07) is 17.3. The van der Waals surface area contributed by atoms with Crippen LogP contribution >= 0.6 is 0 Å². The zero-order valence-corrected chi connectivity index (χ0v) is 19.8. The van der Waals surface area contributed by atoms with E-state index in [1.54, 1.807) is 10.9 Å². The lowest BCUT2D eigenvalue weighted by Crippen LogP contribution is -2.21. The highest BCUT2D eigenvalue weighted by atomic mass is 16.6. The molecule has 4 rings (SSSR count). The Morgan fingerprint density at radius 1 is 1.03 bits per heavy atom. The van der Waals surface area contributed by atoms with Crippen LogP contribution in [0.15, 0.2) is 60.7 Å². The Morgan fingerprint density at radius 3 is 2.26 bits per heavy atom. The van der Waals surface area contributed by atoms with E-state index in [-0.39, 0.29) is 18.2 Å². The monoisotopic (exact) mass is 474 g/mol. The Kier molecular flexibility index (Phi) is 6.91. The summed E-state index contributed by atoms with van der Waals surface area (Å²) in [5.41, 5.74) is 4.76. The van der Waals surface area contributed by atoms with Gasteiger partial charge in [0.1, 0.15) is 16.8 Å². The van der Waals surface area contributed by atoms with Crippen LogP contribution in [0, 0.1) is 17.0 Å². The fraction of sp³-hybridized carbons (Fsp3) is 0.240. The van der Waals surface area contributed by atoms with Crippen LogP contribution in [0.5, 0.6) is 5.75 Å². The number of hydrogen-bond acceptors (Lipinski definition) is 7. The van der Waals surface area contributed by atoms with Crippen LogP contribution in [0.1, 0.15) is 19.4 Å². The van der Waals surface area contributed by atoms with Crippen LogP contribution in [0.2, 0.25) is 0 Å². The average molecular weight is 475 g/mol. The fourth-order valence-electron chi connectivity index (χ4n) is 3.70. The van der Waals surface area contributed by atoms with Gasteiger partial charge in [0.15, 0.2) is 6.61 Å². The standard InChI is InChI=1S/C25H26N6O4/c1-4-29(5-2)18-6-8-19(9-7-18)30-27-23-14-17(3)22(15-24(23)28-30)26-25(32)16-35-21-12-10-20(11-13-21)31(33)34/h6-15H,4-5,16H2,1-3H3,(H,26,32). The van der Waals surface area contributed by atoms with E-state index in [0.29, 0.717) is 17.0 Å². The first-order valence-electron chi connectivity index (χ1n) is 11.3. The van der Waals surface area contributed by atoms with Gasteiger partial charge in [-0.1, -0.05) is 0 Å². The van der Waals surface area contributed by atoms with E-state index in [1.165, 1.54) is 24.3 Å². The predicted octanol–water partition coefficient (Wildman–Crippen LogP) is 4.50. The second kappa shape index (κ2) is 10.2. The first-order chi connectivity index (χ1) is 16.9.